The molecule has 0 aromatic rings. The Balaban J connectivity index is 2.55. The Morgan fingerprint density at radius 1 is 1.27 bits per heavy atom. The minimum Gasteiger partial charge on any atom is -0.211 e. The third kappa shape index (κ3) is 3.78. The summed E-state index contributed by atoms with van der Waals surface area (Å²) in [7, 11) is 0. The van der Waals surface area contributed by atoms with E-state index in [1.165, 1.54) is 6.42 Å². The SMILES string of the molecule is CC(CC1CCCCC1N=C=O)N=C=O. The van der Waals surface area contributed by atoms with E-state index in [4.69, 9.17) is 0 Å². The maximum absolute atomic E-state index is 10.3. The van der Waals surface area contributed by atoms with Crippen LogP contribution in [0.5, 0.6) is 0 Å². The monoisotopic (exact) mass is 208 g/mol. The topological polar surface area (TPSA) is 58.9 Å². The molecule has 0 saturated heterocycles. The Morgan fingerprint density at radius 2 is 2.00 bits per heavy atom. The van der Waals surface area contributed by atoms with Gasteiger partial charge in [0.25, 0.3) is 0 Å². The second-order valence-electron chi connectivity index (χ2n) is 4.14. The number of hydrogen-bond acceptors (Lipinski definition) is 4. The summed E-state index contributed by atoms with van der Waals surface area (Å²) >= 11 is 0. The van der Waals surface area contributed by atoms with E-state index in [0.29, 0.717) is 5.92 Å². The third-order valence-electron chi connectivity index (χ3n) is 3.00. The quantitative estimate of drug-likeness (QED) is 0.524. The standard InChI is InChI=1S/C11H16N2O2/c1-9(12-7-14)6-10-4-2-3-5-11(10)13-8-15/h9-11H,2-6H2,1H3. The van der Waals surface area contributed by atoms with E-state index in [1.54, 1.807) is 12.2 Å². The maximum atomic E-state index is 10.3. The molecule has 0 bridgehead atoms. The summed E-state index contributed by atoms with van der Waals surface area (Å²) in [5.41, 5.74) is 0. The molecule has 0 amide bonds. The van der Waals surface area contributed by atoms with Gasteiger partial charge in [0.05, 0.1) is 12.1 Å². The average Bonchev–Trinajstić information content (AvgIpc) is 2.21. The lowest BCUT2D eigenvalue weighted by atomic mass is 9.81. The van der Waals surface area contributed by atoms with Gasteiger partial charge in [0.15, 0.2) is 0 Å². The van der Waals surface area contributed by atoms with Gasteiger partial charge in [-0.25, -0.2) is 19.6 Å². The predicted octanol–water partition coefficient (Wildman–Crippen LogP) is 2.00. The van der Waals surface area contributed by atoms with Crippen molar-refractivity contribution >= 4 is 12.2 Å². The van der Waals surface area contributed by atoms with Crippen LogP contribution in [0.3, 0.4) is 0 Å². The minimum absolute atomic E-state index is 0.0186. The summed E-state index contributed by atoms with van der Waals surface area (Å²) in [5, 5.41) is 0. The molecule has 0 radical (unpaired) electrons. The molecule has 4 nitrogen and oxygen atoms in total. The average molecular weight is 208 g/mol. The van der Waals surface area contributed by atoms with E-state index in [-0.39, 0.29) is 12.1 Å². The van der Waals surface area contributed by atoms with Crippen LogP contribution in [0.1, 0.15) is 39.0 Å². The van der Waals surface area contributed by atoms with Gasteiger partial charge in [-0.1, -0.05) is 12.8 Å². The third-order valence-corrected chi connectivity index (χ3v) is 3.00. The normalized spacial score (nSPS) is 27.3. The number of aliphatic imine (C=N–C) groups is 2. The number of rotatable bonds is 4. The number of carbonyl (C=O) groups excluding carboxylic acids is 2. The minimum atomic E-state index is -0.0186. The molecule has 3 unspecified atom stereocenters. The summed E-state index contributed by atoms with van der Waals surface area (Å²) in [5.74, 6) is 0.368. The number of isocyanates is 2. The first-order valence-electron chi connectivity index (χ1n) is 5.42. The van der Waals surface area contributed by atoms with Gasteiger partial charge in [-0.3, -0.25) is 0 Å². The number of hydrogen-bond donors (Lipinski definition) is 0. The molecule has 1 saturated carbocycles. The molecule has 0 heterocycles. The van der Waals surface area contributed by atoms with Gasteiger partial charge in [0.2, 0.25) is 12.2 Å². The molecular formula is C11H16N2O2. The Labute approximate surface area is 89.5 Å². The van der Waals surface area contributed by atoms with Crippen molar-refractivity contribution < 1.29 is 9.59 Å². The molecule has 1 aliphatic carbocycles. The van der Waals surface area contributed by atoms with E-state index in [2.05, 4.69) is 9.98 Å². The fraction of sp³-hybridized carbons (Fsp3) is 0.818. The van der Waals surface area contributed by atoms with Crippen LogP contribution in [0.15, 0.2) is 9.98 Å². The first-order valence-corrected chi connectivity index (χ1v) is 5.42. The van der Waals surface area contributed by atoms with Crippen molar-refractivity contribution in [3.05, 3.63) is 0 Å². The van der Waals surface area contributed by atoms with Gasteiger partial charge in [-0.05, 0) is 32.1 Å². The molecular weight excluding hydrogens is 192 g/mol. The Kier molecular flexibility index (Phi) is 4.96. The first kappa shape index (κ1) is 11.8. The van der Waals surface area contributed by atoms with Crippen molar-refractivity contribution in [2.24, 2.45) is 15.9 Å². The largest absolute Gasteiger partial charge is 0.235 e. The molecule has 0 aliphatic heterocycles. The van der Waals surface area contributed by atoms with Crippen LogP contribution >= 0.6 is 0 Å². The van der Waals surface area contributed by atoms with Crippen LogP contribution in [0, 0.1) is 5.92 Å². The highest BCUT2D eigenvalue weighted by Crippen LogP contribution is 2.30. The molecule has 0 N–H and O–H groups in total. The van der Waals surface area contributed by atoms with E-state index < -0.39 is 0 Å². The van der Waals surface area contributed by atoms with E-state index in [1.807, 2.05) is 6.92 Å². The lowest BCUT2D eigenvalue weighted by Gasteiger charge is -2.28. The lowest BCUT2D eigenvalue weighted by Crippen LogP contribution is -2.25. The van der Waals surface area contributed by atoms with Gasteiger partial charge >= 0.3 is 0 Å². The van der Waals surface area contributed by atoms with Crippen LogP contribution in [-0.4, -0.2) is 24.2 Å². The lowest BCUT2D eigenvalue weighted by molar-refractivity contribution is 0.280. The van der Waals surface area contributed by atoms with Crippen molar-refractivity contribution in [2.75, 3.05) is 0 Å². The highest BCUT2D eigenvalue weighted by molar-refractivity contribution is 5.34. The molecule has 1 rings (SSSR count). The summed E-state index contributed by atoms with van der Waals surface area (Å²) in [4.78, 5) is 27.8. The van der Waals surface area contributed by atoms with Crippen molar-refractivity contribution in [1.82, 2.24) is 0 Å². The van der Waals surface area contributed by atoms with Crippen LogP contribution in [0.2, 0.25) is 0 Å². The van der Waals surface area contributed by atoms with Gasteiger partial charge in [-0.2, -0.15) is 0 Å². The summed E-state index contributed by atoms with van der Waals surface area (Å²) < 4.78 is 0. The Bertz CT molecular complexity index is 291. The van der Waals surface area contributed by atoms with Crippen LogP contribution in [0.4, 0.5) is 0 Å². The second kappa shape index (κ2) is 6.28. The molecule has 4 heteroatoms. The van der Waals surface area contributed by atoms with E-state index in [0.717, 1.165) is 25.7 Å². The highest BCUT2D eigenvalue weighted by atomic mass is 16.1. The predicted molar refractivity (Wildman–Crippen MR) is 56.1 cm³/mol. The highest BCUT2D eigenvalue weighted by Gasteiger charge is 2.26. The molecule has 0 spiro atoms. The first-order chi connectivity index (χ1) is 7.27. The Hall–Kier alpha value is -1.24. The molecule has 1 fully saturated rings. The summed E-state index contributed by atoms with van der Waals surface area (Å²) in [6.07, 6.45) is 8.34. The molecule has 1 aliphatic rings. The fourth-order valence-corrected chi connectivity index (χ4v) is 2.28. The fourth-order valence-electron chi connectivity index (χ4n) is 2.28. The molecule has 3 atom stereocenters. The van der Waals surface area contributed by atoms with Gasteiger partial charge in [-0.15, -0.1) is 0 Å². The Morgan fingerprint density at radius 3 is 2.67 bits per heavy atom. The smallest absolute Gasteiger partial charge is 0.211 e. The zero-order valence-electron chi connectivity index (χ0n) is 8.98. The van der Waals surface area contributed by atoms with Crippen molar-refractivity contribution in [3.63, 3.8) is 0 Å². The van der Waals surface area contributed by atoms with E-state index in [9.17, 15) is 9.59 Å². The summed E-state index contributed by atoms with van der Waals surface area (Å²) in [6, 6.07) is 0.0653. The van der Waals surface area contributed by atoms with Gasteiger partial charge in [0, 0.05) is 0 Å². The zero-order valence-corrected chi connectivity index (χ0v) is 8.98. The zero-order chi connectivity index (χ0) is 11.1. The van der Waals surface area contributed by atoms with Crippen LogP contribution in [0.25, 0.3) is 0 Å². The van der Waals surface area contributed by atoms with Gasteiger partial charge < -0.3 is 0 Å². The molecule has 15 heavy (non-hydrogen) atoms. The number of nitrogens with zero attached hydrogens (tertiary/aromatic N) is 2. The summed E-state index contributed by atoms with van der Waals surface area (Å²) in [6.45, 7) is 1.89. The molecule has 0 aromatic carbocycles. The van der Waals surface area contributed by atoms with Crippen molar-refractivity contribution in [2.45, 2.75) is 51.1 Å². The molecule has 82 valence electrons. The van der Waals surface area contributed by atoms with Crippen LogP contribution < -0.4 is 0 Å². The van der Waals surface area contributed by atoms with Crippen molar-refractivity contribution in [1.29, 1.82) is 0 Å². The van der Waals surface area contributed by atoms with Gasteiger partial charge in [0.1, 0.15) is 0 Å². The second-order valence-corrected chi connectivity index (χ2v) is 4.14. The molecule has 0 aromatic heterocycles. The van der Waals surface area contributed by atoms with Crippen LogP contribution in [-0.2, 0) is 9.59 Å². The maximum Gasteiger partial charge on any atom is 0.235 e. The van der Waals surface area contributed by atoms with Crippen molar-refractivity contribution in [3.8, 4) is 0 Å². The van der Waals surface area contributed by atoms with E-state index >= 15 is 0 Å².